The summed E-state index contributed by atoms with van der Waals surface area (Å²) in [6.07, 6.45) is 0. The van der Waals surface area contributed by atoms with Gasteiger partial charge < -0.3 is 0 Å². The van der Waals surface area contributed by atoms with Crippen molar-refractivity contribution in [2.45, 2.75) is 4.21 Å². The van der Waals surface area contributed by atoms with E-state index in [0.29, 0.717) is 11.3 Å². The average molecular weight is 351 g/mol. The Bertz CT molecular complexity index is 806. The van der Waals surface area contributed by atoms with Gasteiger partial charge in [-0.15, -0.1) is 11.3 Å². The Morgan fingerprint density at radius 3 is 2.57 bits per heavy atom. The molecule has 112 valence electrons. The van der Waals surface area contributed by atoms with Gasteiger partial charge in [0.2, 0.25) is 0 Å². The van der Waals surface area contributed by atoms with E-state index in [4.69, 9.17) is 11.6 Å². The highest BCUT2D eigenvalue weighted by Gasteiger charge is 2.29. The number of benzene rings is 1. The molecule has 0 fully saturated rings. The Hall–Kier alpha value is -1.71. The summed E-state index contributed by atoms with van der Waals surface area (Å²) in [6, 6.07) is 5.88. The Morgan fingerprint density at radius 1 is 1.38 bits per heavy atom. The SMILES string of the molecule is CN(c1cccc(F)c1)S(=O)(=O)c1cc([N+](=O)[O-])c(Cl)s1. The van der Waals surface area contributed by atoms with Gasteiger partial charge in [-0.1, -0.05) is 17.7 Å². The zero-order valence-corrected chi connectivity index (χ0v) is 12.9. The first-order valence-corrected chi connectivity index (χ1v) is 8.05. The lowest BCUT2D eigenvalue weighted by Crippen LogP contribution is -2.25. The molecule has 6 nitrogen and oxygen atoms in total. The van der Waals surface area contributed by atoms with E-state index in [1.165, 1.54) is 25.2 Å². The van der Waals surface area contributed by atoms with Gasteiger partial charge in [0.1, 0.15) is 10.0 Å². The van der Waals surface area contributed by atoms with Gasteiger partial charge in [0.15, 0.2) is 4.34 Å². The molecule has 2 aromatic rings. The van der Waals surface area contributed by atoms with Crippen molar-refractivity contribution in [3.63, 3.8) is 0 Å². The van der Waals surface area contributed by atoms with Gasteiger partial charge in [0, 0.05) is 13.1 Å². The van der Waals surface area contributed by atoms with Crippen molar-refractivity contribution in [3.8, 4) is 0 Å². The summed E-state index contributed by atoms with van der Waals surface area (Å²) in [5, 5.41) is 10.7. The van der Waals surface area contributed by atoms with E-state index in [9.17, 15) is 22.9 Å². The van der Waals surface area contributed by atoms with Crippen LogP contribution in [0.5, 0.6) is 0 Å². The van der Waals surface area contributed by atoms with Gasteiger partial charge in [-0.25, -0.2) is 12.8 Å². The minimum atomic E-state index is -4.05. The quantitative estimate of drug-likeness (QED) is 0.626. The van der Waals surface area contributed by atoms with Crippen LogP contribution in [-0.2, 0) is 10.0 Å². The number of hydrogen-bond donors (Lipinski definition) is 0. The zero-order valence-electron chi connectivity index (χ0n) is 10.5. The maximum Gasteiger partial charge on any atom is 0.300 e. The molecule has 1 heterocycles. The van der Waals surface area contributed by atoms with Crippen LogP contribution < -0.4 is 4.31 Å². The Labute approximate surface area is 128 Å². The summed E-state index contributed by atoms with van der Waals surface area (Å²) in [7, 11) is -2.82. The van der Waals surface area contributed by atoms with Crippen LogP contribution in [0.1, 0.15) is 0 Å². The molecule has 1 aromatic heterocycles. The van der Waals surface area contributed by atoms with Crippen LogP contribution in [0.25, 0.3) is 0 Å². The highest BCUT2D eigenvalue weighted by molar-refractivity contribution is 7.94. The number of anilines is 1. The summed E-state index contributed by atoms with van der Waals surface area (Å²) >= 11 is 6.23. The summed E-state index contributed by atoms with van der Waals surface area (Å²) in [4.78, 5) is 9.95. The van der Waals surface area contributed by atoms with Crippen LogP contribution in [0.15, 0.2) is 34.5 Å². The van der Waals surface area contributed by atoms with Gasteiger partial charge >= 0.3 is 0 Å². The summed E-state index contributed by atoms with van der Waals surface area (Å²) < 4.78 is 38.2. The number of nitrogens with zero attached hydrogens (tertiary/aromatic N) is 2. The molecular formula is C11H8ClFN2O4S2. The summed E-state index contributed by atoms with van der Waals surface area (Å²) in [6.45, 7) is 0. The monoisotopic (exact) mass is 350 g/mol. The van der Waals surface area contributed by atoms with Crippen LogP contribution >= 0.6 is 22.9 Å². The first kappa shape index (κ1) is 15.7. The molecule has 1 aromatic carbocycles. The predicted octanol–water partition coefficient (Wildman–Crippen LogP) is 3.27. The van der Waals surface area contributed by atoms with E-state index < -0.39 is 26.5 Å². The van der Waals surface area contributed by atoms with E-state index in [0.717, 1.165) is 16.4 Å². The van der Waals surface area contributed by atoms with Gasteiger partial charge in [-0.05, 0) is 18.2 Å². The van der Waals surface area contributed by atoms with Gasteiger partial charge in [0.05, 0.1) is 10.6 Å². The fraction of sp³-hybridized carbons (Fsp3) is 0.0909. The minimum Gasteiger partial charge on any atom is -0.269 e. The first-order valence-electron chi connectivity index (χ1n) is 5.41. The Morgan fingerprint density at radius 2 is 2.05 bits per heavy atom. The highest BCUT2D eigenvalue weighted by atomic mass is 35.5. The molecule has 10 heteroatoms. The summed E-state index contributed by atoms with van der Waals surface area (Å²) in [5.74, 6) is -0.593. The maximum absolute atomic E-state index is 13.2. The van der Waals surface area contributed by atoms with Crippen LogP contribution in [0.2, 0.25) is 4.34 Å². The molecule has 0 aliphatic rings. The van der Waals surface area contributed by atoms with E-state index in [1.807, 2.05) is 0 Å². The lowest BCUT2D eigenvalue weighted by molar-refractivity contribution is -0.384. The first-order chi connectivity index (χ1) is 9.73. The van der Waals surface area contributed by atoms with Gasteiger partial charge in [0.25, 0.3) is 15.7 Å². The second kappa shape index (κ2) is 5.58. The second-order valence-corrected chi connectivity index (χ2v) is 7.78. The molecule has 0 N–H and O–H groups in total. The Kier molecular flexibility index (Phi) is 4.17. The highest BCUT2D eigenvalue weighted by Crippen LogP contribution is 2.38. The number of thiophene rings is 1. The van der Waals surface area contributed by atoms with Crippen molar-refractivity contribution in [2.24, 2.45) is 0 Å². The van der Waals surface area contributed by atoms with Crippen molar-refractivity contribution < 1.29 is 17.7 Å². The predicted molar refractivity (Wildman–Crippen MR) is 78.0 cm³/mol. The third-order valence-corrected chi connectivity index (χ3v) is 6.20. The van der Waals surface area contributed by atoms with E-state index in [1.54, 1.807) is 0 Å². The minimum absolute atomic E-state index is 0.0992. The Balaban J connectivity index is 2.47. The smallest absolute Gasteiger partial charge is 0.269 e. The van der Waals surface area contributed by atoms with Crippen molar-refractivity contribution in [1.82, 2.24) is 0 Å². The second-order valence-electron chi connectivity index (χ2n) is 3.93. The van der Waals surface area contributed by atoms with Gasteiger partial charge in [-0.2, -0.15) is 0 Å². The van der Waals surface area contributed by atoms with Crippen molar-refractivity contribution in [3.05, 3.63) is 50.6 Å². The lowest BCUT2D eigenvalue weighted by Gasteiger charge is -2.18. The average Bonchev–Trinajstić information content (AvgIpc) is 2.80. The topological polar surface area (TPSA) is 80.5 Å². The third kappa shape index (κ3) is 2.99. The standard InChI is InChI=1S/C11H8ClFN2O4S2/c1-14(8-4-2-3-7(13)5-8)21(18,19)10-6-9(15(16)17)11(12)20-10/h2-6H,1H3. The number of sulfonamides is 1. The van der Waals surface area contributed by atoms with E-state index >= 15 is 0 Å². The van der Waals surface area contributed by atoms with Gasteiger partial charge in [-0.3, -0.25) is 14.4 Å². The molecule has 2 rings (SSSR count). The van der Waals surface area contributed by atoms with Crippen LogP contribution in [-0.4, -0.2) is 20.4 Å². The molecule has 0 saturated carbocycles. The van der Waals surface area contributed by atoms with Crippen molar-refractivity contribution in [2.75, 3.05) is 11.4 Å². The summed E-state index contributed by atoms with van der Waals surface area (Å²) in [5.41, 5.74) is -0.380. The number of halogens is 2. The molecule has 0 amide bonds. The molecule has 0 spiro atoms. The molecule has 0 bridgehead atoms. The molecule has 21 heavy (non-hydrogen) atoms. The van der Waals surface area contributed by atoms with Crippen LogP contribution in [0.4, 0.5) is 15.8 Å². The number of hydrogen-bond acceptors (Lipinski definition) is 5. The molecule has 0 unspecified atom stereocenters. The van der Waals surface area contributed by atoms with Crippen LogP contribution in [0, 0.1) is 15.9 Å². The normalized spacial score (nSPS) is 11.4. The van der Waals surface area contributed by atoms with Crippen LogP contribution in [0.3, 0.4) is 0 Å². The molecule has 0 aliphatic heterocycles. The largest absolute Gasteiger partial charge is 0.300 e. The van der Waals surface area contributed by atoms with Crippen molar-refractivity contribution in [1.29, 1.82) is 0 Å². The molecular weight excluding hydrogens is 343 g/mol. The fourth-order valence-electron chi connectivity index (χ4n) is 1.54. The van der Waals surface area contributed by atoms with E-state index in [2.05, 4.69) is 0 Å². The lowest BCUT2D eigenvalue weighted by atomic mass is 10.3. The molecule has 0 saturated heterocycles. The molecule has 0 atom stereocenters. The van der Waals surface area contributed by atoms with Crippen molar-refractivity contribution >= 4 is 44.3 Å². The fourth-order valence-corrected chi connectivity index (χ4v) is 4.56. The number of rotatable bonds is 4. The number of nitro groups is 1. The maximum atomic E-state index is 13.2. The van der Waals surface area contributed by atoms with E-state index in [-0.39, 0.29) is 14.2 Å². The zero-order chi connectivity index (χ0) is 15.8. The third-order valence-electron chi connectivity index (χ3n) is 2.63. The molecule has 0 radical (unpaired) electrons. The molecule has 0 aliphatic carbocycles.